The highest BCUT2D eigenvalue weighted by Crippen LogP contribution is 2.52. The minimum Gasteiger partial charge on any atom is -0.488 e. The summed E-state index contributed by atoms with van der Waals surface area (Å²) in [5.74, 6) is 1.74. The summed E-state index contributed by atoms with van der Waals surface area (Å²) in [6.07, 6.45) is 20.8. The van der Waals surface area contributed by atoms with E-state index in [1.54, 1.807) is 22.7 Å². The maximum absolute atomic E-state index is 6.44. The standard InChI is InChI=1S/C31H46BrNO2S2/c1-3-5-7-9-11-13-15-19-23-34-27-28(35-24-20-16-14-12-10-8-6-4-2)30(32)37-29(27)31-33-25-21-17-18-22-26(25)36-31/h17-18,21-22H,3-16,19-20,23-24H2,1-2H3. The number of halogens is 1. The summed E-state index contributed by atoms with van der Waals surface area (Å²) in [7, 11) is 0. The van der Waals surface area contributed by atoms with Gasteiger partial charge in [0.25, 0.3) is 0 Å². The van der Waals surface area contributed by atoms with Crippen molar-refractivity contribution in [2.45, 2.75) is 117 Å². The second-order valence-electron chi connectivity index (χ2n) is 10.00. The van der Waals surface area contributed by atoms with E-state index in [4.69, 9.17) is 14.5 Å². The predicted octanol–water partition coefficient (Wildman–Crippen LogP) is 11.8. The lowest BCUT2D eigenvalue weighted by Gasteiger charge is -2.11. The van der Waals surface area contributed by atoms with Crippen LogP contribution in [0.5, 0.6) is 11.5 Å². The second kappa shape index (κ2) is 18.2. The summed E-state index contributed by atoms with van der Waals surface area (Å²) in [5.41, 5.74) is 1.04. The van der Waals surface area contributed by atoms with Crippen LogP contribution in [0.2, 0.25) is 0 Å². The highest BCUT2D eigenvalue weighted by Gasteiger charge is 2.23. The van der Waals surface area contributed by atoms with Gasteiger partial charge in [-0.25, -0.2) is 4.98 Å². The Hall–Kier alpha value is -1.11. The van der Waals surface area contributed by atoms with E-state index in [0.717, 1.165) is 56.7 Å². The number of fused-ring (bicyclic) bond motifs is 1. The molecule has 0 amide bonds. The molecule has 0 radical (unpaired) electrons. The van der Waals surface area contributed by atoms with Crippen molar-refractivity contribution in [2.75, 3.05) is 13.2 Å². The summed E-state index contributed by atoms with van der Waals surface area (Å²) in [5, 5.41) is 1.01. The van der Waals surface area contributed by atoms with E-state index in [0.29, 0.717) is 0 Å². The molecule has 3 rings (SSSR count). The third-order valence-electron chi connectivity index (χ3n) is 6.76. The molecule has 0 aliphatic heterocycles. The van der Waals surface area contributed by atoms with Crippen LogP contribution in [-0.2, 0) is 0 Å². The van der Waals surface area contributed by atoms with E-state index in [1.165, 1.54) is 94.6 Å². The monoisotopic (exact) mass is 607 g/mol. The first kappa shape index (κ1) is 30.4. The van der Waals surface area contributed by atoms with Gasteiger partial charge in [0.05, 0.1) is 23.4 Å². The van der Waals surface area contributed by atoms with Crippen LogP contribution in [0.1, 0.15) is 117 Å². The summed E-state index contributed by atoms with van der Waals surface area (Å²) < 4.78 is 15.0. The fourth-order valence-electron chi connectivity index (χ4n) is 4.56. The van der Waals surface area contributed by atoms with Crippen molar-refractivity contribution >= 4 is 48.8 Å². The Labute approximate surface area is 241 Å². The molecule has 2 heterocycles. The van der Waals surface area contributed by atoms with Gasteiger partial charge in [-0.1, -0.05) is 116 Å². The number of aromatic nitrogens is 1. The molecule has 3 nitrogen and oxygen atoms in total. The van der Waals surface area contributed by atoms with Gasteiger partial charge in [-0.2, -0.15) is 0 Å². The zero-order chi connectivity index (χ0) is 26.1. The van der Waals surface area contributed by atoms with Gasteiger partial charge >= 0.3 is 0 Å². The van der Waals surface area contributed by atoms with Crippen molar-refractivity contribution < 1.29 is 9.47 Å². The quantitative estimate of drug-likeness (QED) is 0.113. The fraction of sp³-hybridized carbons (Fsp3) is 0.645. The SMILES string of the molecule is CCCCCCCCCCOc1c(Br)sc(-c2nc3ccccc3s2)c1OCCCCCCCCCC. The van der Waals surface area contributed by atoms with E-state index in [1.807, 2.05) is 6.07 Å². The lowest BCUT2D eigenvalue weighted by Crippen LogP contribution is -2.02. The highest BCUT2D eigenvalue weighted by atomic mass is 79.9. The van der Waals surface area contributed by atoms with Gasteiger partial charge in [0.1, 0.15) is 13.7 Å². The average Bonchev–Trinajstić information content (AvgIpc) is 3.47. The Kier molecular flexibility index (Phi) is 15.0. The van der Waals surface area contributed by atoms with Crippen molar-refractivity contribution in [2.24, 2.45) is 0 Å². The molecule has 6 heteroatoms. The van der Waals surface area contributed by atoms with Crippen LogP contribution < -0.4 is 9.47 Å². The molecule has 0 N–H and O–H groups in total. The molecular formula is C31H46BrNO2S2. The Morgan fingerprint density at radius 2 is 1.16 bits per heavy atom. The predicted molar refractivity (Wildman–Crippen MR) is 167 cm³/mol. The third kappa shape index (κ3) is 10.5. The average molecular weight is 609 g/mol. The van der Waals surface area contributed by atoms with Gasteiger partial charge in [0.15, 0.2) is 11.5 Å². The van der Waals surface area contributed by atoms with Crippen LogP contribution in [0.3, 0.4) is 0 Å². The number of hydrogen-bond donors (Lipinski definition) is 0. The smallest absolute Gasteiger partial charge is 0.187 e. The molecule has 0 saturated carbocycles. The van der Waals surface area contributed by atoms with Crippen molar-refractivity contribution in [3.05, 3.63) is 28.1 Å². The van der Waals surface area contributed by atoms with Crippen LogP contribution in [0.25, 0.3) is 20.1 Å². The number of nitrogens with zero attached hydrogens (tertiary/aromatic N) is 1. The van der Waals surface area contributed by atoms with Gasteiger partial charge in [0, 0.05) is 0 Å². The number of hydrogen-bond acceptors (Lipinski definition) is 5. The van der Waals surface area contributed by atoms with Gasteiger partial charge in [-0.15, -0.1) is 22.7 Å². The number of thiazole rings is 1. The van der Waals surface area contributed by atoms with Gasteiger partial charge in [-0.05, 0) is 40.9 Å². The normalized spacial score (nSPS) is 11.4. The lowest BCUT2D eigenvalue weighted by atomic mass is 10.1. The molecular weight excluding hydrogens is 562 g/mol. The molecule has 1 aromatic carbocycles. The van der Waals surface area contributed by atoms with Crippen molar-refractivity contribution in [1.82, 2.24) is 4.98 Å². The minimum atomic E-state index is 0.726. The van der Waals surface area contributed by atoms with Gasteiger partial charge in [0.2, 0.25) is 0 Å². The van der Waals surface area contributed by atoms with Gasteiger partial charge < -0.3 is 9.47 Å². The number of unbranched alkanes of at least 4 members (excludes halogenated alkanes) is 14. The number of benzene rings is 1. The second-order valence-corrected chi connectivity index (χ2v) is 13.4. The van der Waals surface area contributed by atoms with Gasteiger partial charge in [-0.3, -0.25) is 0 Å². The minimum absolute atomic E-state index is 0.726. The van der Waals surface area contributed by atoms with Crippen LogP contribution in [0.15, 0.2) is 28.1 Å². The summed E-state index contributed by atoms with van der Waals surface area (Å²) in [6, 6.07) is 8.35. The molecule has 0 saturated heterocycles. The first-order valence-electron chi connectivity index (χ1n) is 14.7. The number of para-hydroxylation sites is 1. The fourth-order valence-corrected chi connectivity index (χ4v) is 7.29. The van der Waals surface area contributed by atoms with E-state index in [9.17, 15) is 0 Å². The third-order valence-corrected chi connectivity index (χ3v) is 9.74. The van der Waals surface area contributed by atoms with Crippen molar-refractivity contribution in [3.8, 4) is 21.4 Å². The Morgan fingerprint density at radius 1 is 0.649 bits per heavy atom. The summed E-state index contributed by atoms with van der Waals surface area (Å²) in [6.45, 7) is 6.01. The summed E-state index contributed by atoms with van der Waals surface area (Å²) in [4.78, 5) is 6.00. The van der Waals surface area contributed by atoms with Crippen LogP contribution in [0, 0.1) is 0 Å². The molecule has 0 aliphatic rings. The molecule has 37 heavy (non-hydrogen) atoms. The first-order chi connectivity index (χ1) is 18.2. The van der Waals surface area contributed by atoms with Crippen molar-refractivity contribution in [3.63, 3.8) is 0 Å². The maximum Gasteiger partial charge on any atom is 0.187 e. The Balaban J connectivity index is 1.56. The molecule has 206 valence electrons. The molecule has 0 atom stereocenters. The van der Waals surface area contributed by atoms with Crippen molar-refractivity contribution in [1.29, 1.82) is 0 Å². The largest absolute Gasteiger partial charge is 0.488 e. The lowest BCUT2D eigenvalue weighted by molar-refractivity contribution is 0.260. The molecule has 0 bridgehead atoms. The molecule has 3 aromatic rings. The number of thiophene rings is 1. The maximum atomic E-state index is 6.44. The number of ether oxygens (including phenoxy) is 2. The highest BCUT2D eigenvalue weighted by molar-refractivity contribution is 9.11. The molecule has 2 aromatic heterocycles. The molecule has 0 unspecified atom stereocenters. The molecule has 0 spiro atoms. The molecule has 0 aliphatic carbocycles. The van der Waals surface area contributed by atoms with E-state index < -0.39 is 0 Å². The zero-order valence-electron chi connectivity index (χ0n) is 23.0. The topological polar surface area (TPSA) is 31.4 Å². The van der Waals surface area contributed by atoms with E-state index in [-0.39, 0.29) is 0 Å². The Bertz CT molecular complexity index is 983. The number of rotatable bonds is 21. The molecule has 0 fully saturated rings. The Morgan fingerprint density at radius 3 is 1.73 bits per heavy atom. The van der Waals surface area contributed by atoms with E-state index >= 15 is 0 Å². The van der Waals surface area contributed by atoms with Crippen LogP contribution in [0.4, 0.5) is 0 Å². The van der Waals surface area contributed by atoms with Crippen LogP contribution in [-0.4, -0.2) is 18.2 Å². The first-order valence-corrected chi connectivity index (χ1v) is 17.1. The van der Waals surface area contributed by atoms with E-state index in [2.05, 4.69) is 48.0 Å². The summed E-state index contributed by atoms with van der Waals surface area (Å²) >= 11 is 7.19. The van der Waals surface area contributed by atoms with Crippen LogP contribution >= 0.6 is 38.6 Å². The zero-order valence-corrected chi connectivity index (χ0v) is 26.2.